The van der Waals surface area contributed by atoms with Crippen molar-refractivity contribution in [2.45, 2.75) is 41.5 Å². The van der Waals surface area contributed by atoms with Gasteiger partial charge in [0.1, 0.15) is 12.8 Å². The molecule has 0 N–H and O–H groups in total. The van der Waals surface area contributed by atoms with E-state index in [0.29, 0.717) is 17.8 Å². The van der Waals surface area contributed by atoms with Gasteiger partial charge in [-0.3, -0.25) is 0 Å². The Kier molecular flexibility index (Phi) is 6.52. The highest BCUT2D eigenvalue weighted by molar-refractivity contribution is 5.54. The molecule has 0 aliphatic carbocycles. The number of nitrogens with zero attached hydrogens (tertiary/aromatic N) is 1. The third-order valence-electron chi connectivity index (χ3n) is 1.73. The van der Waals surface area contributed by atoms with Gasteiger partial charge in [-0.2, -0.15) is 0 Å². The van der Waals surface area contributed by atoms with Crippen molar-refractivity contribution in [2.75, 3.05) is 6.54 Å². The second-order valence-electron chi connectivity index (χ2n) is 5.07. The molecule has 0 aliphatic rings. The van der Waals surface area contributed by atoms with E-state index in [1.165, 1.54) is 0 Å². The number of allylic oxidation sites excluding steroid dienone is 1. The maximum Gasteiger partial charge on any atom is 0.164 e. The van der Waals surface area contributed by atoms with Crippen LogP contribution < -0.4 is 0 Å². The molecule has 1 nitrogen and oxygen atoms in total. The summed E-state index contributed by atoms with van der Waals surface area (Å²) in [7, 11) is 0. The van der Waals surface area contributed by atoms with Crippen molar-refractivity contribution < 1.29 is 4.58 Å². The molecule has 1 heteroatoms. The summed E-state index contributed by atoms with van der Waals surface area (Å²) in [5, 5.41) is 0. The zero-order valence-electron chi connectivity index (χ0n) is 10.6. The van der Waals surface area contributed by atoms with Crippen LogP contribution in [-0.2, 0) is 0 Å². The Bertz CT molecular complexity index is 197. The van der Waals surface area contributed by atoms with Crippen LogP contribution in [0.3, 0.4) is 0 Å². The summed E-state index contributed by atoms with van der Waals surface area (Å²) in [4.78, 5) is 0. The summed E-state index contributed by atoms with van der Waals surface area (Å²) >= 11 is 0. The fourth-order valence-corrected chi connectivity index (χ4v) is 1.26. The zero-order valence-corrected chi connectivity index (χ0v) is 10.6. The van der Waals surface area contributed by atoms with Gasteiger partial charge < -0.3 is 0 Å². The van der Waals surface area contributed by atoms with Gasteiger partial charge >= 0.3 is 0 Å². The molecule has 14 heavy (non-hydrogen) atoms. The average molecular weight is 196 g/mol. The molecule has 0 amide bonds. The van der Waals surface area contributed by atoms with Gasteiger partial charge in [-0.25, -0.2) is 4.58 Å². The Morgan fingerprint density at radius 2 is 1.50 bits per heavy atom. The van der Waals surface area contributed by atoms with E-state index >= 15 is 0 Å². The van der Waals surface area contributed by atoms with E-state index in [0.717, 1.165) is 6.54 Å². The predicted molar refractivity (Wildman–Crippen MR) is 64.8 cm³/mol. The summed E-state index contributed by atoms with van der Waals surface area (Å²) in [6.07, 6.45) is 6.75. The first-order chi connectivity index (χ1) is 6.41. The standard InChI is InChI=1S/C13H26N/c1-11(2)7-8-14(9-12(3)4)10-13(5)6/h7-9,11-13H,10H2,1-6H3/q+1/b8-7-,14-9+. The molecule has 0 aromatic heterocycles. The van der Waals surface area contributed by atoms with E-state index in [2.05, 4.69) is 64.6 Å². The Labute approximate surface area is 89.5 Å². The molecule has 0 spiro atoms. The van der Waals surface area contributed by atoms with Gasteiger partial charge in [-0.1, -0.05) is 41.5 Å². The zero-order chi connectivity index (χ0) is 11.1. The summed E-state index contributed by atoms with van der Waals surface area (Å²) in [5.41, 5.74) is 0. The van der Waals surface area contributed by atoms with Gasteiger partial charge in [0.2, 0.25) is 0 Å². The first kappa shape index (κ1) is 13.4. The largest absolute Gasteiger partial charge is 0.209 e. The van der Waals surface area contributed by atoms with Crippen molar-refractivity contribution in [3.63, 3.8) is 0 Å². The molecular weight excluding hydrogens is 170 g/mol. The van der Waals surface area contributed by atoms with Crippen LogP contribution >= 0.6 is 0 Å². The quantitative estimate of drug-likeness (QED) is 0.467. The highest BCUT2D eigenvalue weighted by atomic mass is 15.0. The number of rotatable bonds is 5. The molecule has 0 atom stereocenters. The molecule has 0 heterocycles. The lowest BCUT2D eigenvalue weighted by atomic mass is 10.2. The third kappa shape index (κ3) is 8.03. The fraction of sp³-hybridized carbons (Fsp3) is 0.769. The van der Waals surface area contributed by atoms with Gasteiger partial charge in [0.25, 0.3) is 0 Å². The summed E-state index contributed by atoms with van der Waals surface area (Å²) in [6, 6.07) is 0. The van der Waals surface area contributed by atoms with E-state index in [9.17, 15) is 0 Å². The van der Waals surface area contributed by atoms with Crippen LogP contribution in [0.15, 0.2) is 12.3 Å². The Morgan fingerprint density at radius 3 is 1.86 bits per heavy atom. The Hall–Kier alpha value is -0.590. The summed E-state index contributed by atoms with van der Waals surface area (Å²) in [5.74, 6) is 1.96. The lowest BCUT2D eigenvalue weighted by Crippen LogP contribution is -2.15. The summed E-state index contributed by atoms with van der Waals surface area (Å²) in [6.45, 7) is 14.5. The molecule has 0 aliphatic heterocycles. The van der Waals surface area contributed by atoms with Gasteiger partial charge in [0.05, 0.1) is 0 Å². The van der Waals surface area contributed by atoms with Crippen LogP contribution in [-0.4, -0.2) is 17.3 Å². The van der Waals surface area contributed by atoms with E-state index in [-0.39, 0.29) is 0 Å². The molecule has 82 valence electrons. The van der Waals surface area contributed by atoms with Gasteiger partial charge in [-0.15, -0.1) is 0 Å². The van der Waals surface area contributed by atoms with Crippen molar-refractivity contribution in [3.8, 4) is 0 Å². The summed E-state index contributed by atoms with van der Waals surface area (Å²) < 4.78 is 2.31. The SMILES string of the molecule is CC(C)/C=C\[N+](=C/C(C)C)CC(C)C. The van der Waals surface area contributed by atoms with Crippen LogP contribution in [0.2, 0.25) is 0 Å². The molecule has 0 aromatic rings. The van der Waals surface area contributed by atoms with Crippen molar-refractivity contribution in [1.29, 1.82) is 0 Å². The minimum atomic E-state index is 0.616. The topological polar surface area (TPSA) is 3.01 Å². The van der Waals surface area contributed by atoms with Crippen LogP contribution in [0, 0.1) is 17.8 Å². The number of hydrogen-bond donors (Lipinski definition) is 0. The van der Waals surface area contributed by atoms with Gasteiger partial charge in [0, 0.05) is 11.8 Å². The highest BCUT2D eigenvalue weighted by Crippen LogP contribution is 1.99. The molecular formula is C13H26N+. The Morgan fingerprint density at radius 1 is 0.929 bits per heavy atom. The van der Waals surface area contributed by atoms with E-state index < -0.39 is 0 Å². The maximum atomic E-state index is 2.31. The lowest BCUT2D eigenvalue weighted by molar-refractivity contribution is -0.461. The van der Waals surface area contributed by atoms with Crippen LogP contribution in [0.5, 0.6) is 0 Å². The van der Waals surface area contributed by atoms with Crippen molar-refractivity contribution >= 4 is 6.21 Å². The second-order valence-corrected chi connectivity index (χ2v) is 5.07. The average Bonchev–Trinajstić information content (AvgIpc) is 1.97. The number of hydrogen-bond acceptors (Lipinski definition) is 0. The van der Waals surface area contributed by atoms with Crippen LogP contribution in [0.25, 0.3) is 0 Å². The predicted octanol–water partition coefficient (Wildman–Crippen LogP) is 3.55. The van der Waals surface area contributed by atoms with Gasteiger partial charge in [-0.05, 0) is 12.0 Å². The van der Waals surface area contributed by atoms with E-state index in [1.54, 1.807) is 0 Å². The van der Waals surface area contributed by atoms with Crippen LogP contribution in [0.1, 0.15) is 41.5 Å². The minimum absolute atomic E-state index is 0.616. The molecule has 0 saturated heterocycles. The highest BCUT2D eigenvalue weighted by Gasteiger charge is 2.05. The smallest absolute Gasteiger partial charge is 0.164 e. The van der Waals surface area contributed by atoms with Crippen molar-refractivity contribution in [3.05, 3.63) is 12.3 Å². The van der Waals surface area contributed by atoms with E-state index in [4.69, 9.17) is 0 Å². The molecule has 0 bridgehead atoms. The third-order valence-corrected chi connectivity index (χ3v) is 1.73. The second kappa shape index (κ2) is 6.80. The molecule has 0 radical (unpaired) electrons. The molecule has 0 aromatic carbocycles. The minimum Gasteiger partial charge on any atom is -0.209 e. The van der Waals surface area contributed by atoms with E-state index in [1.807, 2.05) is 0 Å². The van der Waals surface area contributed by atoms with Crippen molar-refractivity contribution in [1.82, 2.24) is 0 Å². The fourth-order valence-electron chi connectivity index (χ4n) is 1.26. The lowest BCUT2D eigenvalue weighted by Gasteiger charge is -2.03. The van der Waals surface area contributed by atoms with Gasteiger partial charge in [0.15, 0.2) is 6.20 Å². The first-order valence-corrected chi connectivity index (χ1v) is 5.70. The van der Waals surface area contributed by atoms with Crippen molar-refractivity contribution in [2.24, 2.45) is 17.8 Å². The molecule has 0 fully saturated rings. The maximum absolute atomic E-state index is 2.31. The monoisotopic (exact) mass is 196 g/mol. The molecule has 0 rings (SSSR count). The normalized spacial score (nSPS) is 13.9. The van der Waals surface area contributed by atoms with Crippen LogP contribution in [0.4, 0.5) is 0 Å². The molecule has 0 saturated carbocycles. The Balaban J connectivity index is 4.40. The first-order valence-electron chi connectivity index (χ1n) is 5.70. The molecule has 0 unspecified atom stereocenters.